The highest BCUT2D eigenvalue weighted by Gasteiger charge is 2.15. The number of nitrogens with one attached hydrogen (secondary N) is 1. The summed E-state index contributed by atoms with van der Waals surface area (Å²) in [5.41, 5.74) is 0.622. The monoisotopic (exact) mass is 241 g/mol. The lowest BCUT2D eigenvalue weighted by molar-refractivity contribution is 0.0659. The summed E-state index contributed by atoms with van der Waals surface area (Å²) in [5.74, 6) is -0.322. The zero-order valence-corrected chi connectivity index (χ0v) is 10.4. The average Bonchev–Trinajstić information content (AvgIpc) is 2.66. The fourth-order valence-corrected chi connectivity index (χ4v) is 1.47. The predicted octanol–water partition coefficient (Wildman–Crippen LogP) is 1.39. The van der Waals surface area contributed by atoms with Gasteiger partial charge in [-0.05, 0) is 25.8 Å². The molecule has 0 aliphatic carbocycles. The predicted molar refractivity (Wildman–Crippen MR) is 63.0 cm³/mol. The first kappa shape index (κ1) is 13.7. The molecule has 0 saturated carbocycles. The van der Waals surface area contributed by atoms with Gasteiger partial charge in [-0.25, -0.2) is 4.79 Å². The molecule has 0 fully saturated rings. The number of hydrogen-bond acceptors (Lipinski definition) is 4. The Bertz CT molecular complexity index is 386. The van der Waals surface area contributed by atoms with Crippen LogP contribution in [0.1, 0.15) is 35.7 Å². The number of aliphatic hydroxyl groups is 1. The second-order valence-electron chi connectivity index (χ2n) is 4.36. The normalized spacial score (nSPS) is 14.6. The molecule has 0 spiro atoms. The Balaban J connectivity index is 2.58. The molecule has 0 saturated heterocycles. The maximum Gasteiger partial charge on any atom is 0.372 e. The Morgan fingerprint density at radius 1 is 1.53 bits per heavy atom. The van der Waals surface area contributed by atoms with Crippen LogP contribution < -0.4 is 5.32 Å². The van der Waals surface area contributed by atoms with Gasteiger partial charge in [0, 0.05) is 18.2 Å². The lowest BCUT2D eigenvalue weighted by Gasteiger charge is -2.18. The van der Waals surface area contributed by atoms with Crippen molar-refractivity contribution in [3.05, 3.63) is 23.2 Å². The second kappa shape index (κ2) is 5.84. The number of aromatic carboxylic acids is 1. The SMILES string of the molecule is Cc1cc(CNC(C)C(C)CO)oc1C(=O)O. The van der Waals surface area contributed by atoms with Crippen LogP contribution in [0.25, 0.3) is 0 Å². The topological polar surface area (TPSA) is 82.7 Å². The number of carbonyl (C=O) groups is 1. The number of aliphatic hydroxyl groups excluding tert-OH is 1. The molecule has 0 radical (unpaired) electrons. The summed E-state index contributed by atoms with van der Waals surface area (Å²) >= 11 is 0. The van der Waals surface area contributed by atoms with Gasteiger partial charge in [-0.3, -0.25) is 0 Å². The number of aryl methyl sites for hydroxylation is 1. The highest BCUT2D eigenvalue weighted by Crippen LogP contribution is 2.15. The largest absolute Gasteiger partial charge is 0.475 e. The van der Waals surface area contributed by atoms with Crippen molar-refractivity contribution >= 4 is 5.97 Å². The maximum absolute atomic E-state index is 10.8. The zero-order valence-electron chi connectivity index (χ0n) is 10.4. The molecule has 1 aromatic rings. The van der Waals surface area contributed by atoms with Gasteiger partial charge in [0.25, 0.3) is 0 Å². The van der Waals surface area contributed by atoms with Crippen molar-refractivity contribution < 1.29 is 19.4 Å². The van der Waals surface area contributed by atoms with E-state index in [1.54, 1.807) is 13.0 Å². The van der Waals surface area contributed by atoms with Crippen molar-refractivity contribution in [2.24, 2.45) is 5.92 Å². The molecule has 0 aromatic carbocycles. The maximum atomic E-state index is 10.8. The zero-order chi connectivity index (χ0) is 13.0. The van der Waals surface area contributed by atoms with Crippen LogP contribution in [0.2, 0.25) is 0 Å². The van der Waals surface area contributed by atoms with Gasteiger partial charge in [-0.2, -0.15) is 0 Å². The number of hydrogen-bond donors (Lipinski definition) is 3. The summed E-state index contributed by atoms with van der Waals surface area (Å²) in [6.07, 6.45) is 0. The highest BCUT2D eigenvalue weighted by molar-refractivity contribution is 5.86. The first-order valence-electron chi connectivity index (χ1n) is 5.62. The number of carboxylic acids is 1. The van der Waals surface area contributed by atoms with Crippen LogP contribution in [0.4, 0.5) is 0 Å². The van der Waals surface area contributed by atoms with Gasteiger partial charge in [0.15, 0.2) is 0 Å². The number of furan rings is 1. The van der Waals surface area contributed by atoms with E-state index >= 15 is 0 Å². The van der Waals surface area contributed by atoms with E-state index in [1.165, 1.54) is 0 Å². The summed E-state index contributed by atoms with van der Waals surface area (Å²) in [6, 6.07) is 1.85. The molecule has 1 heterocycles. The number of carboxylic acid groups (broad SMARTS) is 1. The van der Waals surface area contributed by atoms with Crippen molar-refractivity contribution in [1.82, 2.24) is 5.32 Å². The molecule has 17 heavy (non-hydrogen) atoms. The highest BCUT2D eigenvalue weighted by atomic mass is 16.4. The van der Waals surface area contributed by atoms with Gasteiger partial charge in [0.1, 0.15) is 5.76 Å². The minimum absolute atomic E-state index is 0.00957. The molecular weight excluding hydrogens is 222 g/mol. The summed E-state index contributed by atoms with van der Waals surface area (Å²) in [5, 5.41) is 21.0. The summed E-state index contributed by atoms with van der Waals surface area (Å²) in [4.78, 5) is 10.8. The Labute approximate surface area is 100 Å². The van der Waals surface area contributed by atoms with Crippen LogP contribution in [0.3, 0.4) is 0 Å². The van der Waals surface area contributed by atoms with Crippen LogP contribution in [0, 0.1) is 12.8 Å². The third-order valence-electron chi connectivity index (χ3n) is 2.90. The molecule has 1 aromatic heterocycles. The van der Waals surface area contributed by atoms with Crippen LogP contribution in [-0.4, -0.2) is 28.8 Å². The molecule has 96 valence electrons. The molecule has 2 unspecified atom stereocenters. The first-order valence-corrected chi connectivity index (χ1v) is 5.62. The Kier molecular flexibility index (Phi) is 4.72. The molecule has 3 N–H and O–H groups in total. The second-order valence-corrected chi connectivity index (χ2v) is 4.36. The van der Waals surface area contributed by atoms with E-state index in [-0.39, 0.29) is 24.3 Å². The Morgan fingerprint density at radius 2 is 2.18 bits per heavy atom. The van der Waals surface area contributed by atoms with Crippen molar-refractivity contribution in [3.8, 4) is 0 Å². The lowest BCUT2D eigenvalue weighted by Crippen LogP contribution is -2.33. The molecule has 2 atom stereocenters. The van der Waals surface area contributed by atoms with Crippen LogP contribution in [0.5, 0.6) is 0 Å². The van der Waals surface area contributed by atoms with E-state index < -0.39 is 5.97 Å². The third kappa shape index (κ3) is 3.57. The molecule has 0 amide bonds. The van der Waals surface area contributed by atoms with E-state index in [1.807, 2.05) is 13.8 Å². The lowest BCUT2D eigenvalue weighted by atomic mass is 10.1. The summed E-state index contributed by atoms with van der Waals surface area (Å²) in [6.45, 7) is 6.18. The standard InChI is InChI=1S/C12H19NO4/c1-7-4-10(17-11(7)12(15)16)5-13-9(3)8(2)6-14/h4,8-9,13-14H,5-6H2,1-3H3,(H,15,16). The molecule has 0 bridgehead atoms. The number of rotatable bonds is 6. The van der Waals surface area contributed by atoms with Gasteiger partial charge >= 0.3 is 5.97 Å². The van der Waals surface area contributed by atoms with Crippen LogP contribution in [-0.2, 0) is 6.54 Å². The fraction of sp³-hybridized carbons (Fsp3) is 0.583. The molecular formula is C12H19NO4. The smallest absolute Gasteiger partial charge is 0.372 e. The van der Waals surface area contributed by atoms with Gasteiger partial charge < -0.3 is 19.9 Å². The van der Waals surface area contributed by atoms with E-state index in [9.17, 15) is 4.79 Å². The van der Waals surface area contributed by atoms with E-state index in [4.69, 9.17) is 14.6 Å². The van der Waals surface area contributed by atoms with Crippen molar-refractivity contribution in [2.45, 2.75) is 33.4 Å². The van der Waals surface area contributed by atoms with Gasteiger partial charge in [0.05, 0.1) is 6.54 Å². The van der Waals surface area contributed by atoms with Crippen molar-refractivity contribution in [1.29, 1.82) is 0 Å². The summed E-state index contributed by atoms with van der Waals surface area (Å²) in [7, 11) is 0. The molecule has 5 nitrogen and oxygen atoms in total. The van der Waals surface area contributed by atoms with Crippen LogP contribution >= 0.6 is 0 Å². The molecule has 1 rings (SSSR count). The summed E-state index contributed by atoms with van der Waals surface area (Å²) < 4.78 is 5.22. The average molecular weight is 241 g/mol. The quantitative estimate of drug-likeness (QED) is 0.701. The molecule has 0 aliphatic rings. The minimum Gasteiger partial charge on any atom is -0.475 e. The van der Waals surface area contributed by atoms with Crippen molar-refractivity contribution in [2.75, 3.05) is 6.61 Å². The van der Waals surface area contributed by atoms with E-state index in [0.717, 1.165) is 0 Å². The van der Waals surface area contributed by atoms with Gasteiger partial charge in [-0.15, -0.1) is 0 Å². The Morgan fingerprint density at radius 3 is 2.65 bits per heavy atom. The van der Waals surface area contributed by atoms with Crippen molar-refractivity contribution in [3.63, 3.8) is 0 Å². The third-order valence-corrected chi connectivity index (χ3v) is 2.90. The minimum atomic E-state index is -1.05. The van der Waals surface area contributed by atoms with Crippen LogP contribution in [0.15, 0.2) is 10.5 Å². The van der Waals surface area contributed by atoms with Gasteiger partial charge in [-0.1, -0.05) is 6.92 Å². The molecule has 5 heteroatoms. The van der Waals surface area contributed by atoms with E-state index in [0.29, 0.717) is 17.9 Å². The Hall–Kier alpha value is -1.33. The van der Waals surface area contributed by atoms with E-state index in [2.05, 4.69) is 5.32 Å². The molecule has 0 aliphatic heterocycles. The van der Waals surface area contributed by atoms with Gasteiger partial charge in [0.2, 0.25) is 5.76 Å². The first-order chi connectivity index (χ1) is 7.95. The fourth-order valence-electron chi connectivity index (χ4n) is 1.47.